The van der Waals surface area contributed by atoms with Gasteiger partial charge in [-0.1, -0.05) is 25.1 Å². The molecule has 1 atom stereocenters. The number of benzene rings is 1. The fraction of sp³-hybridized carbons (Fsp3) is 0.250. The van der Waals surface area contributed by atoms with Crippen molar-refractivity contribution in [2.45, 2.75) is 19.3 Å². The zero-order chi connectivity index (χ0) is 10.4. The van der Waals surface area contributed by atoms with Crippen LogP contribution in [0.3, 0.4) is 0 Å². The number of hydrogen-bond donors (Lipinski definition) is 1. The minimum Gasteiger partial charge on any atom is -0.192 e. The second-order valence-electron chi connectivity index (χ2n) is 3.26. The molecule has 1 rings (SSSR count). The van der Waals surface area contributed by atoms with Crippen LogP contribution < -0.4 is 0 Å². The van der Waals surface area contributed by atoms with Gasteiger partial charge in [0.05, 0.1) is 11.6 Å². The third-order valence-corrected chi connectivity index (χ3v) is 2.41. The Morgan fingerprint density at radius 1 is 1.43 bits per heavy atom. The van der Waals surface area contributed by atoms with Crippen molar-refractivity contribution in [2.24, 2.45) is 0 Å². The molecule has 1 nitrogen and oxygen atoms in total. The van der Waals surface area contributed by atoms with Crippen molar-refractivity contribution in [3.8, 4) is 6.07 Å². The monoisotopic (exact) mass is 203 g/mol. The lowest BCUT2D eigenvalue weighted by Gasteiger charge is -2.08. The quantitative estimate of drug-likeness (QED) is 0.747. The van der Waals surface area contributed by atoms with Crippen molar-refractivity contribution in [3.63, 3.8) is 0 Å². The molecular weight excluding hydrogens is 190 g/mol. The van der Waals surface area contributed by atoms with Gasteiger partial charge >= 0.3 is 0 Å². The number of allylic oxidation sites excluding steroid dienone is 1. The van der Waals surface area contributed by atoms with Gasteiger partial charge in [-0.3, -0.25) is 0 Å². The topological polar surface area (TPSA) is 23.8 Å². The molecule has 0 amide bonds. The molecule has 0 fully saturated rings. The van der Waals surface area contributed by atoms with Gasteiger partial charge in [0.2, 0.25) is 0 Å². The Labute approximate surface area is 90.5 Å². The van der Waals surface area contributed by atoms with Crippen LogP contribution in [-0.2, 0) is 0 Å². The molecule has 0 saturated carbocycles. The maximum atomic E-state index is 8.64. The maximum absolute atomic E-state index is 8.64. The van der Waals surface area contributed by atoms with Crippen molar-refractivity contribution in [2.75, 3.05) is 0 Å². The summed E-state index contributed by atoms with van der Waals surface area (Å²) in [7, 11) is 0. The summed E-state index contributed by atoms with van der Waals surface area (Å²) in [5.74, 6) is 0.478. The smallest absolute Gasteiger partial charge is 0.0991 e. The molecule has 0 bridgehead atoms. The molecule has 2 heteroatoms. The van der Waals surface area contributed by atoms with E-state index in [-0.39, 0.29) is 0 Å². The molecule has 0 spiro atoms. The Hall–Kier alpha value is -1.20. The zero-order valence-electron chi connectivity index (χ0n) is 8.14. The average Bonchev–Trinajstić information content (AvgIpc) is 2.26. The van der Waals surface area contributed by atoms with Gasteiger partial charge in [0, 0.05) is 0 Å². The fourth-order valence-corrected chi connectivity index (χ4v) is 1.41. The summed E-state index contributed by atoms with van der Waals surface area (Å²) in [6.45, 7) is 2.16. The van der Waals surface area contributed by atoms with Gasteiger partial charge in [0.15, 0.2) is 0 Å². The highest BCUT2D eigenvalue weighted by Gasteiger charge is 2.02. The van der Waals surface area contributed by atoms with E-state index in [0.717, 1.165) is 6.42 Å². The highest BCUT2D eigenvalue weighted by Crippen LogP contribution is 2.19. The number of rotatable bonds is 3. The van der Waals surface area contributed by atoms with E-state index in [1.165, 1.54) is 5.56 Å². The van der Waals surface area contributed by atoms with E-state index in [1.54, 1.807) is 5.41 Å². The van der Waals surface area contributed by atoms with Crippen molar-refractivity contribution < 1.29 is 0 Å². The molecule has 72 valence electrons. The van der Waals surface area contributed by atoms with Crippen LogP contribution in [0.1, 0.15) is 30.4 Å². The van der Waals surface area contributed by atoms with Crippen LogP contribution in [0.5, 0.6) is 0 Å². The second-order valence-corrected chi connectivity index (χ2v) is 3.55. The van der Waals surface area contributed by atoms with Gasteiger partial charge in [-0.2, -0.15) is 17.9 Å². The minimum atomic E-state index is 0.478. The molecule has 0 aliphatic carbocycles. The maximum Gasteiger partial charge on any atom is 0.0991 e. The standard InChI is InChI=1S/C12H13NS/c1-10(3-2-8-14)12-6-4-11(9-13)5-7-12/h2,4-8,10,14H,3H2,1H3/b8-2-. The van der Waals surface area contributed by atoms with Crippen LogP contribution in [0, 0.1) is 11.3 Å². The molecule has 0 saturated heterocycles. The Kier molecular flexibility index (Phi) is 4.28. The van der Waals surface area contributed by atoms with Crippen LogP contribution in [-0.4, -0.2) is 0 Å². The van der Waals surface area contributed by atoms with E-state index in [4.69, 9.17) is 5.26 Å². The van der Waals surface area contributed by atoms with Crippen LogP contribution in [0.2, 0.25) is 0 Å². The second kappa shape index (κ2) is 5.51. The Morgan fingerprint density at radius 3 is 2.57 bits per heavy atom. The molecule has 1 aromatic rings. The van der Waals surface area contributed by atoms with Gasteiger partial charge in [-0.05, 0) is 35.4 Å². The zero-order valence-corrected chi connectivity index (χ0v) is 9.04. The largest absolute Gasteiger partial charge is 0.192 e. The first kappa shape index (κ1) is 10.9. The molecule has 1 aromatic carbocycles. The Bertz CT molecular complexity index is 346. The normalized spacial score (nSPS) is 12.6. The molecule has 0 aromatic heterocycles. The van der Waals surface area contributed by atoms with E-state index >= 15 is 0 Å². The summed E-state index contributed by atoms with van der Waals surface area (Å²) < 4.78 is 0. The first-order valence-corrected chi connectivity index (χ1v) is 5.09. The summed E-state index contributed by atoms with van der Waals surface area (Å²) in [5.41, 5.74) is 1.97. The van der Waals surface area contributed by atoms with E-state index in [1.807, 2.05) is 30.3 Å². The molecule has 14 heavy (non-hydrogen) atoms. The molecule has 0 aliphatic heterocycles. The highest BCUT2D eigenvalue weighted by molar-refractivity contribution is 7.83. The van der Waals surface area contributed by atoms with Gasteiger partial charge < -0.3 is 0 Å². The van der Waals surface area contributed by atoms with Gasteiger partial charge in [-0.15, -0.1) is 0 Å². The van der Waals surface area contributed by atoms with Crippen LogP contribution in [0.4, 0.5) is 0 Å². The lowest BCUT2D eigenvalue weighted by Crippen LogP contribution is -1.91. The third-order valence-electron chi connectivity index (χ3n) is 2.20. The van der Waals surface area contributed by atoms with Crippen molar-refractivity contribution in [1.82, 2.24) is 0 Å². The van der Waals surface area contributed by atoms with Crippen LogP contribution in [0.25, 0.3) is 0 Å². The van der Waals surface area contributed by atoms with Crippen molar-refractivity contribution in [1.29, 1.82) is 5.26 Å². The van der Waals surface area contributed by atoms with Crippen LogP contribution >= 0.6 is 12.6 Å². The van der Waals surface area contributed by atoms with E-state index in [9.17, 15) is 0 Å². The van der Waals surface area contributed by atoms with E-state index in [0.29, 0.717) is 11.5 Å². The summed E-state index contributed by atoms with van der Waals surface area (Å²) in [5, 5.41) is 10.4. The predicted molar refractivity (Wildman–Crippen MR) is 62.3 cm³/mol. The number of thiol groups is 1. The molecule has 1 unspecified atom stereocenters. The summed E-state index contributed by atoms with van der Waals surface area (Å²) in [4.78, 5) is 0. The first-order valence-electron chi connectivity index (χ1n) is 4.57. The summed E-state index contributed by atoms with van der Waals surface area (Å²) in [6.07, 6.45) is 3.02. The van der Waals surface area contributed by atoms with Gasteiger partial charge in [-0.25, -0.2) is 0 Å². The third kappa shape index (κ3) is 2.93. The number of hydrogen-bond acceptors (Lipinski definition) is 2. The fourth-order valence-electron chi connectivity index (χ4n) is 1.29. The number of nitrogens with zero attached hydrogens (tertiary/aromatic N) is 1. The summed E-state index contributed by atoms with van der Waals surface area (Å²) in [6, 6.07) is 9.84. The Morgan fingerprint density at radius 2 is 2.07 bits per heavy atom. The lowest BCUT2D eigenvalue weighted by molar-refractivity contribution is 0.781. The molecule has 0 heterocycles. The predicted octanol–water partition coefficient (Wildman–Crippen LogP) is 3.50. The van der Waals surface area contributed by atoms with Crippen molar-refractivity contribution >= 4 is 12.6 Å². The van der Waals surface area contributed by atoms with Gasteiger partial charge in [0.1, 0.15) is 0 Å². The van der Waals surface area contributed by atoms with Crippen molar-refractivity contribution in [3.05, 3.63) is 46.9 Å². The molecule has 0 aliphatic rings. The minimum absolute atomic E-state index is 0.478. The molecule has 0 radical (unpaired) electrons. The first-order chi connectivity index (χ1) is 6.77. The highest BCUT2D eigenvalue weighted by atomic mass is 32.1. The van der Waals surface area contributed by atoms with E-state index < -0.39 is 0 Å². The van der Waals surface area contributed by atoms with Gasteiger partial charge in [0.25, 0.3) is 0 Å². The summed E-state index contributed by atoms with van der Waals surface area (Å²) >= 11 is 4.02. The molecule has 0 N–H and O–H groups in total. The average molecular weight is 203 g/mol. The molecular formula is C12H13NS. The number of nitriles is 1. The SMILES string of the molecule is CC(C/C=C\S)c1ccc(C#N)cc1. The Balaban J connectivity index is 2.72. The van der Waals surface area contributed by atoms with Crippen LogP contribution in [0.15, 0.2) is 35.7 Å². The lowest BCUT2D eigenvalue weighted by atomic mass is 9.97. The van der Waals surface area contributed by atoms with E-state index in [2.05, 4.69) is 25.6 Å².